The number of carbonyl (C=O) groups is 3. The van der Waals surface area contributed by atoms with Crippen molar-refractivity contribution in [1.29, 1.82) is 0 Å². The zero-order chi connectivity index (χ0) is 19.6. The van der Waals surface area contributed by atoms with Crippen LogP contribution in [0.3, 0.4) is 0 Å². The van der Waals surface area contributed by atoms with Crippen LogP contribution in [-0.4, -0.2) is 40.1 Å². The van der Waals surface area contributed by atoms with Crippen LogP contribution in [0.15, 0.2) is 30.3 Å². The van der Waals surface area contributed by atoms with Gasteiger partial charge in [-0.25, -0.2) is 9.78 Å². The summed E-state index contributed by atoms with van der Waals surface area (Å²) >= 11 is 0. The van der Waals surface area contributed by atoms with Crippen LogP contribution in [0.5, 0.6) is 0 Å². The Labute approximate surface area is 154 Å². The highest BCUT2D eigenvalue weighted by Gasteiger charge is 2.22. The largest absolute Gasteiger partial charge is 0.481 e. The number of para-hydroxylation sites is 1. The highest BCUT2D eigenvalue weighted by Crippen LogP contribution is 2.31. The van der Waals surface area contributed by atoms with Crippen molar-refractivity contribution < 1.29 is 29.0 Å². The number of fused-ring (bicyclic) bond motifs is 3. The van der Waals surface area contributed by atoms with Crippen LogP contribution in [0.1, 0.15) is 42.1 Å². The van der Waals surface area contributed by atoms with Crippen molar-refractivity contribution in [3.8, 4) is 0 Å². The molecular formula is C19H18N2O6. The van der Waals surface area contributed by atoms with Gasteiger partial charge in [0.25, 0.3) is 0 Å². The smallest absolute Gasteiger partial charge is 0.356 e. The first-order valence-electron chi connectivity index (χ1n) is 8.31. The van der Waals surface area contributed by atoms with Crippen LogP contribution < -0.4 is 0 Å². The number of nitrogens with zero attached hydrogens (tertiary/aromatic N) is 1. The molecule has 3 aromatic rings. The lowest BCUT2D eigenvalue weighted by molar-refractivity contribution is -0.151. The summed E-state index contributed by atoms with van der Waals surface area (Å²) in [5, 5.41) is 10.3. The number of aromatic amines is 1. The van der Waals surface area contributed by atoms with Gasteiger partial charge >= 0.3 is 17.9 Å². The molecule has 0 bridgehead atoms. The summed E-state index contributed by atoms with van der Waals surface area (Å²) in [6.07, 6.45) is -1.35. The van der Waals surface area contributed by atoms with Crippen LogP contribution in [0.25, 0.3) is 21.8 Å². The number of hydrogen-bond donors (Lipinski definition) is 2. The van der Waals surface area contributed by atoms with Gasteiger partial charge in [0.1, 0.15) is 17.5 Å². The molecule has 2 N–H and O–H groups in total. The fraction of sp³-hybridized carbons (Fsp3) is 0.263. The Morgan fingerprint density at radius 1 is 1.19 bits per heavy atom. The average molecular weight is 370 g/mol. The van der Waals surface area contributed by atoms with Crippen molar-refractivity contribution in [2.75, 3.05) is 7.11 Å². The molecule has 8 nitrogen and oxygen atoms in total. The molecule has 0 saturated heterocycles. The number of carbonyl (C=O) groups excluding carboxylic acids is 2. The maximum Gasteiger partial charge on any atom is 0.356 e. The fourth-order valence-electron chi connectivity index (χ4n) is 2.89. The second-order valence-corrected chi connectivity index (χ2v) is 6.00. The minimum absolute atomic E-state index is 0.0955. The molecule has 1 atom stereocenters. The normalized spacial score (nSPS) is 12.1. The van der Waals surface area contributed by atoms with Crippen LogP contribution in [0, 0.1) is 0 Å². The lowest BCUT2D eigenvalue weighted by atomic mass is 10.1. The molecule has 0 aliphatic carbocycles. The predicted molar refractivity (Wildman–Crippen MR) is 96.3 cm³/mol. The zero-order valence-corrected chi connectivity index (χ0v) is 14.8. The highest BCUT2D eigenvalue weighted by molar-refractivity contribution is 6.09. The van der Waals surface area contributed by atoms with E-state index in [0.29, 0.717) is 11.2 Å². The number of carboxylic acid groups (broad SMARTS) is 1. The van der Waals surface area contributed by atoms with Crippen molar-refractivity contribution in [2.45, 2.75) is 25.9 Å². The summed E-state index contributed by atoms with van der Waals surface area (Å²) in [6, 6.07) is 9.18. The van der Waals surface area contributed by atoms with E-state index in [4.69, 9.17) is 14.6 Å². The van der Waals surface area contributed by atoms with Crippen LogP contribution in [-0.2, 0) is 19.1 Å². The summed E-state index contributed by atoms with van der Waals surface area (Å²) in [6.45, 7) is 1.62. The van der Waals surface area contributed by atoms with E-state index in [1.807, 2.05) is 24.3 Å². The molecule has 2 aromatic heterocycles. The van der Waals surface area contributed by atoms with E-state index >= 15 is 0 Å². The molecule has 0 spiro atoms. The van der Waals surface area contributed by atoms with Crippen molar-refractivity contribution in [3.05, 3.63) is 41.7 Å². The molecule has 0 aliphatic heterocycles. The second-order valence-electron chi connectivity index (χ2n) is 6.00. The monoisotopic (exact) mass is 370 g/mol. The Bertz CT molecular complexity index is 1040. The summed E-state index contributed by atoms with van der Waals surface area (Å²) in [7, 11) is 1.26. The molecule has 3 rings (SSSR count). The zero-order valence-electron chi connectivity index (χ0n) is 14.8. The molecule has 0 radical (unpaired) electrons. The van der Waals surface area contributed by atoms with E-state index in [1.54, 1.807) is 13.0 Å². The standard InChI is InChI=1S/C19H18N2O6/c1-10(27-16(24)8-7-15(22)23)17-18-12(9-14(21-17)19(25)26-2)11-5-3-4-6-13(11)20-18/h3-6,9-10,20H,7-8H2,1-2H3,(H,22,23)/t10-/m1/s1. The topological polar surface area (TPSA) is 119 Å². The third-order valence-electron chi connectivity index (χ3n) is 4.16. The minimum Gasteiger partial charge on any atom is -0.481 e. The third kappa shape index (κ3) is 3.74. The molecule has 140 valence electrons. The lowest BCUT2D eigenvalue weighted by Gasteiger charge is -2.14. The molecular weight excluding hydrogens is 352 g/mol. The van der Waals surface area contributed by atoms with E-state index in [2.05, 4.69) is 9.97 Å². The molecule has 27 heavy (non-hydrogen) atoms. The Balaban J connectivity index is 2.05. The van der Waals surface area contributed by atoms with E-state index in [9.17, 15) is 14.4 Å². The molecule has 1 aromatic carbocycles. The van der Waals surface area contributed by atoms with Gasteiger partial charge < -0.3 is 19.6 Å². The van der Waals surface area contributed by atoms with E-state index in [0.717, 1.165) is 16.3 Å². The van der Waals surface area contributed by atoms with Crippen molar-refractivity contribution in [3.63, 3.8) is 0 Å². The van der Waals surface area contributed by atoms with Gasteiger partial charge in [-0.05, 0) is 19.1 Å². The number of nitrogens with one attached hydrogen (secondary N) is 1. The van der Waals surface area contributed by atoms with Gasteiger partial charge in [0.05, 0.1) is 25.5 Å². The Kier molecular flexibility index (Phi) is 5.07. The summed E-state index contributed by atoms with van der Waals surface area (Å²) in [5.74, 6) is -2.34. The number of carboxylic acids is 1. The van der Waals surface area contributed by atoms with Gasteiger partial charge in [-0.2, -0.15) is 0 Å². The van der Waals surface area contributed by atoms with Crippen LogP contribution >= 0.6 is 0 Å². The van der Waals surface area contributed by atoms with E-state index in [1.165, 1.54) is 7.11 Å². The molecule has 0 fully saturated rings. The minimum atomic E-state index is -1.08. The first kappa shape index (κ1) is 18.4. The molecule has 0 unspecified atom stereocenters. The summed E-state index contributed by atoms with van der Waals surface area (Å²) < 4.78 is 10.1. The number of esters is 2. The van der Waals surface area contributed by atoms with Gasteiger partial charge in [0.15, 0.2) is 0 Å². The fourth-order valence-corrected chi connectivity index (χ4v) is 2.89. The first-order valence-corrected chi connectivity index (χ1v) is 8.31. The van der Waals surface area contributed by atoms with Crippen molar-refractivity contribution in [1.82, 2.24) is 9.97 Å². The molecule has 2 heterocycles. The SMILES string of the molecule is COC(=O)c1cc2c([nH]c3ccccc32)c([C@@H](C)OC(=O)CCC(=O)O)n1. The van der Waals surface area contributed by atoms with Gasteiger partial charge in [0, 0.05) is 16.3 Å². The number of H-pyrrole nitrogens is 1. The molecule has 0 saturated carbocycles. The predicted octanol–water partition coefficient (Wildman–Crippen LogP) is 2.97. The summed E-state index contributed by atoms with van der Waals surface area (Å²) in [4.78, 5) is 42.1. The van der Waals surface area contributed by atoms with Crippen LogP contribution in [0.4, 0.5) is 0 Å². The van der Waals surface area contributed by atoms with Gasteiger partial charge in [-0.15, -0.1) is 0 Å². The quantitative estimate of drug-likeness (QED) is 0.640. The van der Waals surface area contributed by atoms with E-state index in [-0.39, 0.29) is 18.5 Å². The lowest BCUT2D eigenvalue weighted by Crippen LogP contribution is -2.14. The number of benzene rings is 1. The van der Waals surface area contributed by atoms with E-state index < -0.39 is 24.0 Å². The van der Waals surface area contributed by atoms with Crippen molar-refractivity contribution in [2.24, 2.45) is 0 Å². The van der Waals surface area contributed by atoms with Crippen molar-refractivity contribution >= 4 is 39.7 Å². The van der Waals surface area contributed by atoms with Gasteiger partial charge in [-0.1, -0.05) is 18.2 Å². The van der Waals surface area contributed by atoms with Gasteiger partial charge in [0.2, 0.25) is 0 Å². The molecule has 0 amide bonds. The maximum absolute atomic E-state index is 12.0. The molecule has 8 heteroatoms. The maximum atomic E-state index is 12.0. The summed E-state index contributed by atoms with van der Waals surface area (Å²) in [5.41, 5.74) is 1.95. The number of pyridine rings is 1. The number of rotatable bonds is 6. The van der Waals surface area contributed by atoms with Gasteiger partial charge in [-0.3, -0.25) is 9.59 Å². The average Bonchev–Trinajstić information content (AvgIpc) is 3.03. The number of ether oxygens (including phenoxy) is 2. The Hall–Kier alpha value is -3.42. The third-order valence-corrected chi connectivity index (χ3v) is 4.16. The Morgan fingerprint density at radius 2 is 1.93 bits per heavy atom. The van der Waals surface area contributed by atoms with Crippen LogP contribution in [0.2, 0.25) is 0 Å². The number of methoxy groups -OCH3 is 1. The highest BCUT2D eigenvalue weighted by atomic mass is 16.5. The Morgan fingerprint density at radius 3 is 2.63 bits per heavy atom. The first-order chi connectivity index (χ1) is 12.9. The second kappa shape index (κ2) is 7.45. The molecule has 0 aliphatic rings. The number of hydrogen-bond acceptors (Lipinski definition) is 6. The number of aliphatic carboxylic acids is 1. The number of aromatic nitrogens is 2.